The van der Waals surface area contributed by atoms with Crippen molar-refractivity contribution < 1.29 is 9.53 Å². The van der Waals surface area contributed by atoms with Crippen molar-refractivity contribution in [2.45, 2.75) is 26.9 Å². The van der Waals surface area contributed by atoms with Gasteiger partial charge < -0.3 is 10.5 Å². The van der Waals surface area contributed by atoms with Gasteiger partial charge in [0.25, 0.3) is 0 Å². The van der Waals surface area contributed by atoms with Gasteiger partial charge in [0.15, 0.2) is 0 Å². The Morgan fingerprint density at radius 2 is 1.94 bits per heavy atom. The first-order chi connectivity index (χ1) is 7.47. The third kappa shape index (κ3) is 3.07. The molecule has 2 N–H and O–H groups in total. The van der Waals surface area contributed by atoms with E-state index in [9.17, 15) is 4.79 Å². The van der Waals surface area contributed by atoms with E-state index in [1.54, 1.807) is 13.8 Å². The number of ether oxygens (including phenoxy) is 1. The number of carbonyl (C=O) groups is 1. The molecule has 1 rings (SSSR count). The van der Waals surface area contributed by atoms with Crippen LogP contribution in [0.4, 0.5) is 0 Å². The minimum atomic E-state index is -0.622. The number of esters is 1. The Balaban J connectivity index is 2.66. The molecule has 1 aromatic carbocycles. The van der Waals surface area contributed by atoms with Crippen LogP contribution in [0.5, 0.6) is 0 Å². The number of benzene rings is 1. The summed E-state index contributed by atoms with van der Waals surface area (Å²) in [5.74, 6) is -0.258. The SMILES string of the molecule is CC(OC(=O)C(C)(C)CN)c1ccccc1. The molecule has 0 aliphatic rings. The Morgan fingerprint density at radius 1 is 1.38 bits per heavy atom. The Bertz CT molecular complexity index is 346. The Hall–Kier alpha value is -1.35. The highest BCUT2D eigenvalue weighted by atomic mass is 16.5. The van der Waals surface area contributed by atoms with Gasteiger partial charge in [0.1, 0.15) is 6.10 Å². The highest BCUT2D eigenvalue weighted by Crippen LogP contribution is 2.22. The lowest BCUT2D eigenvalue weighted by atomic mass is 9.94. The predicted octanol–water partition coefficient (Wildman–Crippen LogP) is 2.28. The molecule has 0 aromatic heterocycles. The summed E-state index contributed by atoms with van der Waals surface area (Å²) in [7, 11) is 0. The summed E-state index contributed by atoms with van der Waals surface area (Å²) in [5, 5.41) is 0. The average Bonchev–Trinajstić information content (AvgIpc) is 2.30. The highest BCUT2D eigenvalue weighted by molar-refractivity contribution is 5.76. The zero-order valence-corrected chi connectivity index (χ0v) is 10.1. The number of carbonyl (C=O) groups excluding carboxylic acids is 1. The largest absolute Gasteiger partial charge is 0.457 e. The standard InChI is InChI=1S/C13H19NO2/c1-10(11-7-5-4-6-8-11)16-12(15)13(2,3)9-14/h4-8,10H,9,14H2,1-3H3. The summed E-state index contributed by atoms with van der Waals surface area (Å²) in [6.07, 6.45) is -0.237. The summed E-state index contributed by atoms with van der Waals surface area (Å²) in [4.78, 5) is 11.8. The molecule has 0 heterocycles. The van der Waals surface area contributed by atoms with Gasteiger partial charge in [0, 0.05) is 6.54 Å². The molecule has 1 unspecified atom stereocenters. The molecular weight excluding hydrogens is 202 g/mol. The lowest BCUT2D eigenvalue weighted by molar-refractivity contribution is -0.158. The predicted molar refractivity (Wildman–Crippen MR) is 63.8 cm³/mol. The summed E-state index contributed by atoms with van der Waals surface area (Å²) >= 11 is 0. The second kappa shape index (κ2) is 5.12. The molecule has 0 aliphatic heterocycles. The smallest absolute Gasteiger partial charge is 0.313 e. The maximum absolute atomic E-state index is 11.8. The van der Waals surface area contributed by atoms with E-state index in [2.05, 4.69) is 0 Å². The molecule has 0 bridgehead atoms. The van der Waals surface area contributed by atoms with Crippen molar-refractivity contribution in [3.63, 3.8) is 0 Å². The molecule has 3 heteroatoms. The van der Waals surface area contributed by atoms with E-state index in [4.69, 9.17) is 10.5 Å². The van der Waals surface area contributed by atoms with Crippen LogP contribution in [0, 0.1) is 5.41 Å². The van der Waals surface area contributed by atoms with E-state index in [1.807, 2.05) is 37.3 Å². The van der Waals surface area contributed by atoms with Crippen LogP contribution in [0.15, 0.2) is 30.3 Å². The monoisotopic (exact) mass is 221 g/mol. The summed E-state index contributed by atoms with van der Waals surface area (Å²) in [6, 6.07) is 9.66. The topological polar surface area (TPSA) is 52.3 Å². The van der Waals surface area contributed by atoms with Crippen molar-refractivity contribution in [3.05, 3.63) is 35.9 Å². The zero-order chi connectivity index (χ0) is 12.2. The third-order valence-electron chi connectivity index (χ3n) is 2.62. The van der Waals surface area contributed by atoms with Crippen molar-refractivity contribution in [2.24, 2.45) is 11.1 Å². The first kappa shape index (κ1) is 12.7. The second-order valence-electron chi connectivity index (χ2n) is 4.55. The first-order valence-corrected chi connectivity index (χ1v) is 5.43. The van der Waals surface area contributed by atoms with Gasteiger partial charge in [0.05, 0.1) is 5.41 Å². The molecule has 1 atom stereocenters. The number of nitrogens with two attached hydrogens (primary N) is 1. The van der Waals surface area contributed by atoms with E-state index in [0.717, 1.165) is 5.56 Å². The molecule has 0 spiro atoms. The van der Waals surface area contributed by atoms with Crippen molar-refractivity contribution in [1.29, 1.82) is 0 Å². The molecule has 0 radical (unpaired) electrons. The highest BCUT2D eigenvalue weighted by Gasteiger charge is 2.29. The Kier molecular flexibility index (Phi) is 4.07. The maximum Gasteiger partial charge on any atom is 0.313 e. The second-order valence-corrected chi connectivity index (χ2v) is 4.55. The fourth-order valence-electron chi connectivity index (χ4n) is 1.20. The van der Waals surface area contributed by atoms with Gasteiger partial charge in [-0.1, -0.05) is 30.3 Å². The summed E-state index contributed by atoms with van der Waals surface area (Å²) < 4.78 is 5.37. The fourth-order valence-corrected chi connectivity index (χ4v) is 1.20. The molecule has 3 nitrogen and oxygen atoms in total. The normalized spacial score (nSPS) is 13.2. The molecular formula is C13H19NO2. The zero-order valence-electron chi connectivity index (χ0n) is 10.1. The van der Waals surface area contributed by atoms with Crippen LogP contribution in [0.3, 0.4) is 0 Å². The third-order valence-corrected chi connectivity index (χ3v) is 2.62. The Labute approximate surface area is 96.6 Å². The molecule has 16 heavy (non-hydrogen) atoms. The molecule has 0 amide bonds. The van der Waals surface area contributed by atoms with E-state index in [1.165, 1.54) is 0 Å². The molecule has 1 aromatic rings. The average molecular weight is 221 g/mol. The van der Waals surface area contributed by atoms with Gasteiger partial charge in [0.2, 0.25) is 0 Å². The van der Waals surface area contributed by atoms with Crippen molar-refractivity contribution >= 4 is 5.97 Å². The van der Waals surface area contributed by atoms with Gasteiger partial charge in [-0.15, -0.1) is 0 Å². The molecule has 88 valence electrons. The van der Waals surface area contributed by atoms with Gasteiger partial charge in [-0.2, -0.15) is 0 Å². The van der Waals surface area contributed by atoms with Crippen LogP contribution >= 0.6 is 0 Å². The van der Waals surface area contributed by atoms with Gasteiger partial charge in [-0.25, -0.2) is 0 Å². The van der Waals surface area contributed by atoms with Gasteiger partial charge >= 0.3 is 5.97 Å². The lowest BCUT2D eigenvalue weighted by Gasteiger charge is -2.23. The summed E-state index contributed by atoms with van der Waals surface area (Å²) in [6.45, 7) is 5.72. The van der Waals surface area contributed by atoms with Crippen LogP contribution in [0.2, 0.25) is 0 Å². The quantitative estimate of drug-likeness (QED) is 0.793. The molecule has 0 saturated carbocycles. The number of hydrogen-bond acceptors (Lipinski definition) is 3. The fraction of sp³-hybridized carbons (Fsp3) is 0.462. The van der Waals surface area contributed by atoms with Crippen LogP contribution in [-0.2, 0) is 9.53 Å². The van der Waals surface area contributed by atoms with E-state index in [0.29, 0.717) is 0 Å². The van der Waals surface area contributed by atoms with Crippen LogP contribution in [0.1, 0.15) is 32.4 Å². The van der Waals surface area contributed by atoms with Gasteiger partial charge in [-0.05, 0) is 26.3 Å². The van der Waals surface area contributed by atoms with E-state index >= 15 is 0 Å². The first-order valence-electron chi connectivity index (χ1n) is 5.43. The molecule has 0 saturated heterocycles. The van der Waals surface area contributed by atoms with Crippen LogP contribution in [0.25, 0.3) is 0 Å². The lowest BCUT2D eigenvalue weighted by Crippen LogP contribution is -2.34. The minimum absolute atomic E-state index is 0.237. The van der Waals surface area contributed by atoms with Gasteiger partial charge in [-0.3, -0.25) is 4.79 Å². The van der Waals surface area contributed by atoms with Crippen molar-refractivity contribution in [1.82, 2.24) is 0 Å². The van der Waals surface area contributed by atoms with E-state index < -0.39 is 5.41 Å². The summed E-state index contributed by atoms with van der Waals surface area (Å²) in [5.41, 5.74) is 5.89. The molecule has 0 fully saturated rings. The molecule has 0 aliphatic carbocycles. The number of hydrogen-bond donors (Lipinski definition) is 1. The minimum Gasteiger partial charge on any atom is -0.457 e. The number of rotatable bonds is 4. The Morgan fingerprint density at radius 3 is 2.44 bits per heavy atom. The maximum atomic E-state index is 11.8. The van der Waals surface area contributed by atoms with Crippen LogP contribution in [-0.4, -0.2) is 12.5 Å². The van der Waals surface area contributed by atoms with Crippen molar-refractivity contribution in [2.75, 3.05) is 6.54 Å². The van der Waals surface area contributed by atoms with E-state index in [-0.39, 0.29) is 18.6 Å². The van der Waals surface area contributed by atoms with Crippen LogP contribution < -0.4 is 5.73 Å². The van der Waals surface area contributed by atoms with Crippen molar-refractivity contribution in [3.8, 4) is 0 Å².